The van der Waals surface area contributed by atoms with Crippen molar-refractivity contribution >= 4 is 17.6 Å². The fourth-order valence-electron chi connectivity index (χ4n) is 1.60. The van der Waals surface area contributed by atoms with E-state index in [0.717, 1.165) is 5.69 Å². The summed E-state index contributed by atoms with van der Waals surface area (Å²) >= 11 is 0. The smallest absolute Gasteiger partial charge is 0.337 e. The first-order valence-corrected chi connectivity index (χ1v) is 6.00. The third-order valence-corrected chi connectivity index (χ3v) is 2.66. The fraction of sp³-hybridized carbons (Fsp3) is 0.0667. The number of ether oxygens (including phenoxy) is 1. The maximum absolute atomic E-state index is 11.9. The maximum Gasteiger partial charge on any atom is 0.337 e. The zero-order chi connectivity index (χ0) is 14.4. The first-order valence-electron chi connectivity index (χ1n) is 6.00. The molecule has 5 nitrogen and oxygen atoms in total. The Morgan fingerprint density at radius 2 is 1.50 bits per heavy atom. The van der Waals surface area contributed by atoms with Crippen molar-refractivity contribution in [2.45, 2.75) is 0 Å². The van der Waals surface area contributed by atoms with Crippen LogP contribution in [-0.2, 0) is 4.74 Å². The Labute approximate surface area is 116 Å². The summed E-state index contributed by atoms with van der Waals surface area (Å²) in [7, 11) is 1.31. The lowest BCUT2D eigenvalue weighted by molar-refractivity contribution is 0.0600. The molecule has 0 atom stereocenters. The van der Waals surface area contributed by atoms with E-state index in [0.29, 0.717) is 11.1 Å². The second kappa shape index (κ2) is 6.38. The first kappa shape index (κ1) is 13.6. The highest BCUT2D eigenvalue weighted by Gasteiger charge is 2.08. The minimum Gasteiger partial charge on any atom is -0.465 e. The van der Waals surface area contributed by atoms with E-state index in [2.05, 4.69) is 15.6 Å². The Balaban J connectivity index is 1.97. The summed E-state index contributed by atoms with van der Waals surface area (Å²) in [5, 5.41) is 0. The highest BCUT2D eigenvalue weighted by molar-refractivity contribution is 5.96. The van der Waals surface area contributed by atoms with Crippen LogP contribution in [0, 0.1) is 0 Å². The second-order valence-electron chi connectivity index (χ2n) is 4.01. The van der Waals surface area contributed by atoms with Crippen LogP contribution in [0.3, 0.4) is 0 Å². The molecule has 0 spiro atoms. The Hall–Kier alpha value is -2.82. The number of amides is 1. The normalized spacial score (nSPS) is 9.65. The van der Waals surface area contributed by atoms with Crippen LogP contribution in [0.15, 0.2) is 54.6 Å². The summed E-state index contributed by atoms with van der Waals surface area (Å²) in [5.74, 6) is -0.718. The number of hydrogen-bond donors (Lipinski definition) is 2. The summed E-state index contributed by atoms with van der Waals surface area (Å²) in [4.78, 5) is 23.1. The van der Waals surface area contributed by atoms with Crippen LogP contribution in [0.1, 0.15) is 20.7 Å². The molecule has 2 aromatic rings. The van der Waals surface area contributed by atoms with Crippen molar-refractivity contribution < 1.29 is 14.3 Å². The zero-order valence-electron chi connectivity index (χ0n) is 10.9. The highest BCUT2D eigenvalue weighted by Crippen LogP contribution is 2.07. The molecule has 0 saturated carbocycles. The van der Waals surface area contributed by atoms with Crippen LogP contribution in [0.5, 0.6) is 0 Å². The molecular formula is C15H14N2O3. The number of para-hydroxylation sites is 1. The lowest BCUT2D eigenvalue weighted by Crippen LogP contribution is -2.29. The summed E-state index contributed by atoms with van der Waals surface area (Å²) in [6, 6.07) is 15.5. The molecule has 0 aliphatic heterocycles. The molecular weight excluding hydrogens is 256 g/mol. The van der Waals surface area contributed by atoms with Crippen molar-refractivity contribution in [3.63, 3.8) is 0 Å². The van der Waals surface area contributed by atoms with E-state index in [-0.39, 0.29) is 5.91 Å². The number of carbonyl (C=O) groups is 2. The number of hydrogen-bond acceptors (Lipinski definition) is 4. The predicted octanol–water partition coefficient (Wildman–Crippen LogP) is 2.23. The van der Waals surface area contributed by atoms with Gasteiger partial charge in [-0.1, -0.05) is 18.2 Å². The van der Waals surface area contributed by atoms with Gasteiger partial charge in [0.15, 0.2) is 0 Å². The topological polar surface area (TPSA) is 67.4 Å². The number of anilines is 1. The van der Waals surface area contributed by atoms with Gasteiger partial charge in [0.1, 0.15) is 0 Å². The van der Waals surface area contributed by atoms with E-state index < -0.39 is 5.97 Å². The van der Waals surface area contributed by atoms with Gasteiger partial charge in [-0.05, 0) is 36.4 Å². The van der Waals surface area contributed by atoms with Crippen molar-refractivity contribution in [2.75, 3.05) is 12.5 Å². The first-order chi connectivity index (χ1) is 9.70. The average molecular weight is 270 g/mol. The van der Waals surface area contributed by atoms with E-state index in [4.69, 9.17) is 0 Å². The van der Waals surface area contributed by atoms with E-state index in [9.17, 15) is 9.59 Å². The molecule has 1 amide bonds. The van der Waals surface area contributed by atoms with Gasteiger partial charge in [-0.3, -0.25) is 15.6 Å². The van der Waals surface area contributed by atoms with Crippen molar-refractivity contribution in [2.24, 2.45) is 0 Å². The summed E-state index contributed by atoms with van der Waals surface area (Å²) in [6.07, 6.45) is 0. The molecule has 0 unspecified atom stereocenters. The quantitative estimate of drug-likeness (QED) is 0.660. The van der Waals surface area contributed by atoms with Crippen LogP contribution in [0.4, 0.5) is 5.69 Å². The summed E-state index contributed by atoms with van der Waals surface area (Å²) in [5.41, 5.74) is 7.01. The van der Waals surface area contributed by atoms with Gasteiger partial charge in [0.2, 0.25) is 0 Å². The van der Waals surface area contributed by atoms with Crippen molar-refractivity contribution in [3.8, 4) is 0 Å². The largest absolute Gasteiger partial charge is 0.465 e. The number of nitrogens with one attached hydrogen (secondary N) is 2. The van der Waals surface area contributed by atoms with Crippen LogP contribution in [0.25, 0.3) is 0 Å². The monoisotopic (exact) mass is 270 g/mol. The molecule has 0 aliphatic carbocycles. The van der Waals surface area contributed by atoms with E-state index in [1.54, 1.807) is 24.3 Å². The molecule has 0 aliphatic rings. The Kier molecular flexibility index (Phi) is 4.34. The Bertz CT molecular complexity index is 594. The van der Waals surface area contributed by atoms with Gasteiger partial charge in [-0.25, -0.2) is 4.79 Å². The number of methoxy groups -OCH3 is 1. The molecule has 0 saturated heterocycles. The van der Waals surface area contributed by atoms with Crippen molar-refractivity contribution in [1.82, 2.24) is 5.43 Å². The molecule has 5 heteroatoms. The van der Waals surface area contributed by atoms with Crippen LogP contribution in [-0.4, -0.2) is 19.0 Å². The molecule has 0 bridgehead atoms. The van der Waals surface area contributed by atoms with Gasteiger partial charge >= 0.3 is 5.97 Å². The lowest BCUT2D eigenvalue weighted by atomic mass is 10.1. The Morgan fingerprint density at radius 3 is 2.10 bits per heavy atom. The number of rotatable bonds is 4. The van der Waals surface area contributed by atoms with Gasteiger partial charge in [0.25, 0.3) is 5.91 Å². The fourth-order valence-corrected chi connectivity index (χ4v) is 1.60. The zero-order valence-corrected chi connectivity index (χ0v) is 10.9. The van der Waals surface area contributed by atoms with Crippen LogP contribution in [0.2, 0.25) is 0 Å². The highest BCUT2D eigenvalue weighted by atomic mass is 16.5. The summed E-state index contributed by atoms with van der Waals surface area (Å²) < 4.78 is 4.59. The third kappa shape index (κ3) is 3.35. The van der Waals surface area contributed by atoms with Gasteiger partial charge in [-0.2, -0.15) is 0 Å². The molecule has 2 N–H and O–H groups in total. The number of hydrazine groups is 1. The van der Waals surface area contributed by atoms with Gasteiger partial charge in [0, 0.05) is 5.56 Å². The minimum atomic E-state index is -0.431. The van der Waals surface area contributed by atoms with E-state index in [1.165, 1.54) is 7.11 Å². The van der Waals surface area contributed by atoms with Crippen LogP contribution >= 0.6 is 0 Å². The van der Waals surface area contributed by atoms with Crippen molar-refractivity contribution in [3.05, 3.63) is 65.7 Å². The second-order valence-corrected chi connectivity index (χ2v) is 4.01. The molecule has 102 valence electrons. The summed E-state index contributed by atoms with van der Waals surface area (Å²) in [6.45, 7) is 0. The molecule has 2 aromatic carbocycles. The molecule has 0 heterocycles. The molecule has 0 aromatic heterocycles. The molecule has 2 rings (SSSR count). The minimum absolute atomic E-state index is 0.287. The predicted molar refractivity (Wildman–Crippen MR) is 75.3 cm³/mol. The average Bonchev–Trinajstić information content (AvgIpc) is 2.53. The number of carbonyl (C=O) groups excluding carboxylic acids is 2. The SMILES string of the molecule is COC(=O)c1ccc(C(=O)NNc2ccccc2)cc1. The Morgan fingerprint density at radius 1 is 0.900 bits per heavy atom. The number of benzene rings is 2. The van der Waals surface area contributed by atoms with E-state index in [1.807, 2.05) is 30.3 Å². The number of esters is 1. The van der Waals surface area contributed by atoms with Gasteiger partial charge in [0.05, 0.1) is 18.4 Å². The third-order valence-electron chi connectivity index (χ3n) is 2.66. The maximum atomic E-state index is 11.9. The molecule has 0 fully saturated rings. The van der Waals surface area contributed by atoms with Gasteiger partial charge in [-0.15, -0.1) is 0 Å². The molecule has 0 radical (unpaired) electrons. The van der Waals surface area contributed by atoms with Gasteiger partial charge < -0.3 is 4.74 Å². The standard InChI is InChI=1S/C15H14N2O3/c1-20-15(19)12-9-7-11(8-10-12)14(18)17-16-13-5-3-2-4-6-13/h2-10,16H,1H3,(H,17,18). The van der Waals surface area contributed by atoms with E-state index >= 15 is 0 Å². The lowest BCUT2D eigenvalue weighted by Gasteiger charge is -2.08. The van der Waals surface area contributed by atoms with Crippen LogP contribution < -0.4 is 10.9 Å². The molecule has 20 heavy (non-hydrogen) atoms. The van der Waals surface area contributed by atoms with Crippen molar-refractivity contribution in [1.29, 1.82) is 0 Å².